The topological polar surface area (TPSA) is 501 Å². The van der Waals surface area contributed by atoms with Gasteiger partial charge in [0.25, 0.3) is 0 Å². The first-order chi connectivity index (χ1) is 34.8. The molecule has 22 rings (SSSR count). The number of carbonyl (C=O) groups excluding carboxylic acids is 1. The van der Waals surface area contributed by atoms with Crippen molar-refractivity contribution in [3.05, 3.63) is 0 Å². The van der Waals surface area contributed by atoms with E-state index in [1.165, 1.54) is 0 Å². The number of carbonyl (C=O) groups is 1. The van der Waals surface area contributed by atoms with Crippen LogP contribution in [0, 0.1) is 0 Å². The molecule has 0 amide bonds. The van der Waals surface area contributed by atoms with E-state index in [0.29, 0.717) is 0 Å². The van der Waals surface area contributed by atoms with Crippen LogP contribution in [0.4, 0.5) is 0 Å². The molecule has 0 saturated carbocycles. The van der Waals surface area contributed by atoms with E-state index in [0.717, 1.165) is 0 Å². The Balaban J connectivity index is 1.23. The molecule has 0 aliphatic carbocycles. The normalized spacial score (nSPS) is 51.5. The molecule has 32 heteroatoms. The summed E-state index contributed by atoms with van der Waals surface area (Å²) >= 11 is 0. The van der Waals surface area contributed by atoms with Crippen LogP contribution < -0.4 is 0 Å². The molecule has 0 spiro atoms. The van der Waals surface area contributed by atoms with Crippen LogP contribution >= 0.6 is 0 Å². The molecule has 31 atom stereocenters. The number of aliphatic hydroxyl groups is 18. The van der Waals surface area contributed by atoms with E-state index in [1.54, 1.807) is 6.92 Å². The van der Waals surface area contributed by atoms with Crippen LogP contribution in [0.25, 0.3) is 0 Å². The number of hydrogen-bond acceptors (Lipinski definition) is 32. The second-order valence-corrected chi connectivity index (χ2v) is 18.6. The van der Waals surface area contributed by atoms with Crippen molar-refractivity contribution in [3.8, 4) is 0 Å². The summed E-state index contributed by atoms with van der Waals surface area (Å²) in [5, 5.41) is 198. The smallest absolute Gasteiger partial charge is 0.335 e. The second-order valence-electron chi connectivity index (χ2n) is 18.6. The number of hydrogen-bond donors (Lipinski definition) is 18. The first-order valence-corrected chi connectivity index (χ1v) is 23.7. The highest BCUT2D eigenvalue weighted by molar-refractivity contribution is 5.74. The fraction of sp³-hybridized carbons (Fsp3) is 0.976. The van der Waals surface area contributed by atoms with Gasteiger partial charge in [0.2, 0.25) is 0 Å². The molecule has 0 aromatic heterocycles. The quantitative estimate of drug-likeness (QED) is 0.0903. The summed E-state index contributed by atoms with van der Waals surface area (Å²) in [5.74, 6) is -1.35. The molecule has 1 unspecified atom stereocenters. The van der Waals surface area contributed by atoms with Crippen LogP contribution in [-0.4, -0.2) is 328 Å². The largest absolute Gasteiger partial charge is 0.455 e. The SMILES string of the molecule is CCCC(O)C(=O)O[C@@H]1[C@@H](O)[C@H]2O[C@H]3[C@H](O)[C@@H](O)[C@@H](O[C@H]4[C@H](O)[C@@H](O)[C@@H](O[C@H]5[C@H](O)[C@@H](O)[C@@H](O[C@H]6[C@H](O)[C@@H](O)[C@@H](O[C@H]7[C@H](O)[C@@H](O)[C@@H](O[C@H]1[C@@H](CO)O2)O[C@@H]7CO)O[C@@H]6CO)O[C@@H]5CO)O[C@@H]4CO)O[C@@H]3CO. The standard InChI is InChI=1S/C41H68O32/c1-2-3-10(48)35(60)67-34-27(59)41-66-16(9-47)33(34)73-40-26(58)21(53)31(14(7-45)65-40)71-38-24(56)19(51)29(12(5-43)63-38)69-36-22(54)17(49)28(11(4-42)61-36)68-37-23(55)18(50)30(13(6-44)62-37)70-39-25(57)20(52)32(72-41)15(8-46)64-39/h10-34,36-59H,2-9H2,1H3/t10?,11-,12-,13-,14-,15-,16-,17-,18-,19-,20-,21-,22-,23-,24-,25-,26-,27-,28-,29-,30-,31-,32-,33+,34-,36-,37-,38-,39-,40-,41-/m1/s1. The molecular weight excluding hydrogens is 1000 g/mol. The van der Waals surface area contributed by atoms with Crippen molar-refractivity contribution in [1.29, 1.82) is 0 Å². The third-order valence-electron chi connectivity index (χ3n) is 13.7. The molecule has 0 aromatic rings. The van der Waals surface area contributed by atoms with Crippen molar-refractivity contribution in [2.24, 2.45) is 0 Å². The Bertz CT molecular complexity index is 1710. The lowest BCUT2D eigenvalue weighted by molar-refractivity contribution is -0.404. The highest BCUT2D eigenvalue weighted by Gasteiger charge is 2.59. The summed E-state index contributed by atoms with van der Waals surface area (Å²) in [6.45, 7) is -4.65. The molecule has 32 nitrogen and oxygen atoms in total. The van der Waals surface area contributed by atoms with E-state index in [2.05, 4.69) is 0 Å². The van der Waals surface area contributed by atoms with Gasteiger partial charge in [0.15, 0.2) is 49.9 Å². The predicted molar refractivity (Wildman–Crippen MR) is 221 cm³/mol. The Morgan fingerprint density at radius 2 is 0.575 bits per heavy atom. The number of ether oxygens (including phenoxy) is 13. The number of esters is 1. The lowest BCUT2D eigenvalue weighted by atomic mass is 9.94. The summed E-state index contributed by atoms with van der Waals surface area (Å²) in [7, 11) is 0. The highest BCUT2D eigenvalue weighted by atomic mass is 16.8. The fourth-order valence-electron chi connectivity index (χ4n) is 9.65. The molecule has 22 aliphatic rings. The first-order valence-electron chi connectivity index (χ1n) is 23.7. The molecule has 22 fully saturated rings. The molecule has 424 valence electrons. The molecule has 22 aliphatic heterocycles. The summed E-state index contributed by atoms with van der Waals surface area (Å²) in [6.07, 6.45) is -61.9. The van der Waals surface area contributed by atoms with Gasteiger partial charge in [-0.3, -0.25) is 0 Å². The van der Waals surface area contributed by atoms with E-state index in [1.807, 2.05) is 0 Å². The van der Waals surface area contributed by atoms with E-state index in [4.69, 9.17) is 61.6 Å². The molecule has 12 bridgehead atoms. The van der Waals surface area contributed by atoms with Crippen molar-refractivity contribution < 1.29 is 158 Å². The van der Waals surface area contributed by atoms with Gasteiger partial charge in [0, 0.05) is 0 Å². The minimum atomic E-state index is -2.27. The molecule has 0 radical (unpaired) electrons. The zero-order valence-electron chi connectivity index (χ0n) is 38.8. The summed E-state index contributed by atoms with van der Waals surface area (Å²) in [6, 6.07) is 0. The maximum atomic E-state index is 13.2. The van der Waals surface area contributed by atoms with Gasteiger partial charge in [0.05, 0.1) is 39.6 Å². The van der Waals surface area contributed by atoms with Gasteiger partial charge in [-0.1, -0.05) is 13.3 Å². The number of rotatable bonds is 10. The summed E-state index contributed by atoms with van der Waals surface area (Å²) in [5.41, 5.74) is 0. The summed E-state index contributed by atoms with van der Waals surface area (Å²) in [4.78, 5) is 13.2. The van der Waals surface area contributed by atoms with Crippen LogP contribution in [0.2, 0.25) is 0 Å². The van der Waals surface area contributed by atoms with E-state index >= 15 is 0 Å². The Labute approximate surface area is 413 Å². The molecule has 22 saturated heterocycles. The second kappa shape index (κ2) is 25.4. The lowest BCUT2D eigenvalue weighted by Crippen LogP contribution is -2.69. The van der Waals surface area contributed by atoms with E-state index < -0.39 is 236 Å². The fourth-order valence-corrected chi connectivity index (χ4v) is 9.65. The molecule has 0 aromatic carbocycles. The van der Waals surface area contributed by atoms with Crippen molar-refractivity contribution >= 4 is 5.97 Å². The lowest BCUT2D eigenvalue weighted by Gasteiger charge is -2.51. The van der Waals surface area contributed by atoms with Gasteiger partial charge in [-0.2, -0.15) is 0 Å². The van der Waals surface area contributed by atoms with Gasteiger partial charge >= 0.3 is 5.97 Å². The molecule has 22 heterocycles. The zero-order chi connectivity index (χ0) is 53.3. The van der Waals surface area contributed by atoms with Crippen LogP contribution in [0.15, 0.2) is 0 Å². The van der Waals surface area contributed by atoms with E-state index in [9.17, 15) is 96.7 Å². The Kier molecular flexibility index (Phi) is 20.5. The average molecular weight is 1070 g/mol. The highest BCUT2D eigenvalue weighted by Crippen LogP contribution is 2.38. The Morgan fingerprint density at radius 3 is 0.808 bits per heavy atom. The van der Waals surface area contributed by atoms with Gasteiger partial charge in [-0.05, 0) is 6.42 Å². The van der Waals surface area contributed by atoms with Crippen molar-refractivity contribution in [2.45, 2.75) is 210 Å². The van der Waals surface area contributed by atoms with E-state index in [-0.39, 0.29) is 12.8 Å². The molecule has 18 N–H and O–H groups in total. The van der Waals surface area contributed by atoms with Gasteiger partial charge in [-0.15, -0.1) is 0 Å². The monoisotopic (exact) mass is 1070 g/mol. The van der Waals surface area contributed by atoms with Gasteiger partial charge in [-0.25, -0.2) is 4.79 Å². The molecular formula is C41H68O32. The third-order valence-corrected chi connectivity index (χ3v) is 13.7. The zero-order valence-corrected chi connectivity index (χ0v) is 38.8. The Hall–Kier alpha value is -1.73. The van der Waals surface area contributed by atoms with Crippen LogP contribution in [0.1, 0.15) is 19.8 Å². The minimum absolute atomic E-state index is 0.151. The number of aliphatic hydroxyl groups excluding tert-OH is 18. The van der Waals surface area contributed by atoms with Crippen LogP contribution in [-0.2, 0) is 66.4 Å². The third kappa shape index (κ3) is 12.0. The maximum absolute atomic E-state index is 13.2. The molecule has 73 heavy (non-hydrogen) atoms. The Morgan fingerprint density at radius 1 is 0.356 bits per heavy atom. The van der Waals surface area contributed by atoms with Crippen molar-refractivity contribution in [1.82, 2.24) is 0 Å². The van der Waals surface area contributed by atoms with Crippen LogP contribution in [0.3, 0.4) is 0 Å². The van der Waals surface area contributed by atoms with Gasteiger partial charge < -0.3 is 153 Å². The van der Waals surface area contributed by atoms with Crippen LogP contribution in [0.5, 0.6) is 0 Å². The maximum Gasteiger partial charge on any atom is 0.335 e. The van der Waals surface area contributed by atoms with Crippen molar-refractivity contribution in [3.63, 3.8) is 0 Å². The summed E-state index contributed by atoms with van der Waals surface area (Å²) < 4.78 is 74.3. The van der Waals surface area contributed by atoms with Gasteiger partial charge in [0.1, 0.15) is 140 Å². The predicted octanol–water partition coefficient (Wildman–Crippen LogP) is -12.3. The van der Waals surface area contributed by atoms with Crippen molar-refractivity contribution in [2.75, 3.05) is 39.6 Å². The minimum Gasteiger partial charge on any atom is -0.455 e. The average Bonchev–Trinajstić information content (AvgIpc) is 3.38. The first kappa shape index (κ1) is 58.9.